The molecule has 0 aliphatic carbocycles. The highest BCUT2D eigenvalue weighted by atomic mass is 79.9. The first-order chi connectivity index (χ1) is 16.0. The summed E-state index contributed by atoms with van der Waals surface area (Å²) in [5, 5.41) is 3.29. The number of carbonyl (C=O) groups is 2. The molecule has 0 unspecified atom stereocenters. The Labute approximate surface area is 200 Å². The van der Waals surface area contributed by atoms with Crippen LogP contribution in [0.4, 0.5) is 5.69 Å². The highest BCUT2D eigenvalue weighted by Gasteiger charge is 2.34. The lowest BCUT2D eigenvalue weighted by atomic mass is 9.89. The van der Waals surface area contributed by atoms with Crippen LogP contribution < -0.4 is 0 Å². The van der Waals surface area contributed by atoms with Crippen molar-refractivity contribution in [3.63, 3.8) is 0 Å². The van der Waals surface area contributed by atoms with Gasteiger partial charge in [0, 0.05) is 45.7 Å². The number of fused-ring (bicyclic) bond motifs is 2. The van der Waals surface area contributed by atoms with Crippen molar-refractivity contribution in [2.45, 2.75) is 0 Å². The largest absolute Gasteiger partial charge is 0.308 e. The molecule has 1 aliphatic heterocycles. The van der Waals surface area contributed by atoms with Crippen molar-refractivity contribution in [1.29, 1.82) is 0 Å². The van der Waals surface area contributed by atoms with Gasteiger partial charge in [-0.15, -0.1) is 0 Å². The van der Waals surface area contributed by atoms with Gasteiger partial charge in [0.15, 0.2) is 0 Å². The fourth-order valence-electron chi connectivity index (χ4n) is 4.29. The zero-order chi connectivity index (χ0) is 23.1. The molecule has 1 aliphatic rings. The van der Waals surface area contributed by atoms with Crippen LogP contribution in [0, 0.1) is 0 Å². The topological polar surface area (TPSA) is 53.0 Å². The molecule has 33 heavy (non-hydrogen) atoms. The first-order valence-corrected chi connectivity index (χ1v) is 11.5. The number of hydrogen-bond donors (Lipinski definition) is 0. The maximum Gasteiger partial charge on any atom is 0.262 e. The molecule has 1 heterocycles. The van der Waals surface area contributed by atoms with Gasteiger partial charge in [0.25, 0.3) is 11.8 Å². The van der Waals surface area contributed by atoms with Gasteiger partial charge < -0.3 is 4.90 Å². The Bertz CT molecular complexity index is 1460. The minimum absolute atomic E-state index is 0.234. The molecular weight excluding hydrogens is 478 g/mol. The van der Waals surface area contributed by atoms with E-state index in [1.54, 1.807) is 0 Å². The predicted molar refractivity (Wildman–Crippen MR) is 137 cm³/mol. The van der Waals surface area contributed by atoms with E-state index in [4.69, 9.17) is 4.99 Å². The van der Waals surface area contributed by atoms with E-state index in [1.165, 1.54) is 4.90 Å². The average Bonchev–Trinajstić information content (AvgIpc) is 2.80. The summed E-state index contributed by atoms with van der Waals surface area (Å²) in [5.41, 5.74) is 2.89. The summed E-state index contributed by atoms with van der Waals surface area (Å²) in [7, 11) is 3.86. The standard InChI is InChI=1S/C27H22BrN3O2/c1-30(2)13-14-31-26(32)20-10-5-8-17-15-21-19(25(24(17)20)27(31)33)9-6-12-23(21)29-16-18-7-3-4-11-22(18)28/h3-12,15-16H,13-14H2,1-2H3. The van der Waals surface area contributed by atoms with Crippen LogP contribution >= 0.6 is 15.9 Å². The first kappa shape index (κ1) is 21.5. The van der Waals surface area contributed by atoms with Crippen LogP contribution in [0.2, 0.25) is 0 Å². The van der Waals surface area contributed by atoms with E-state index in [-0.39, 0.29) is 11.8 Å². The van der Waals surface area contributed by atoms with Crippen LogP contribution in [0.25, 0.3) is 21.5 Å². The van der Waals surface area contributed by atoms with Gasteiger partial charge in [0.1, 0.15) is 0 Å². The fraction of sp³-hybridized carbons (Fsp3) is 0.148. The van der Waals surface area contributed by atoms with Gasteiger partial charge in [-0.3, -0.25) is 19.5 Å². The van der Waals surface area contributed by atoms with Crippen molar-refractivity contribution in [3.05, 3.63) is 87.9 Å². The molecule has 2 amide bonds. The summed E-state index contributed by atoms with van der Waals surface area (Å²) >= 11 is 3.56. The van der Waals surface area contributed by atoms with Gasteiger partial charge in [0.2, 0.25) is 0 Å². The third-order valence-corrected chi connectivity index (χ3v) is 6.67. The number of imide groups is 1. The quantitative estimate of drug-likeness (QED) is 0.202. The number of likely N-dealkylation sites (N-methyl/N-ethyl adjacent to an activating group) is 1. The number of aliphatic imine (C=N–C) groups is 1. The van der Waals surface area contributed by atoms with Crippen molar-refractivity contribution in [2.75, 3.05) is 27.2 Å². The zero-order valence-corrected chi connectivity index (χ0v) is 20.0. The van der Waals surface area contributed by atoms with Crippen LogP contribution in [0.15, 0.2) is 76.2 Å². The Morgan fingerprint density at radius 2 is 1.73 bits per heavy atom. The molecule has 164 valence electrons. The molecule has 0 aromatic heterocycles. The predicted octanol–water partition coefficient (Wildman–Crippen LogP) is 5.66. The lowest BCUT2D eigenvalue weighted by molar-refractivity contribution is 0.0602. The maximum absolute atomic E-state index is 13.6. The molecule has 0 fully saturated rings. The lowest BCUT2D eigenvalue weighted by Gasteiger charge is -2.29. The van der Waals surface area contributed by atoms with E-state index in [0.29, 0.717) is 24.2 Å². The Hall–Kier alpha value is -3.35. The molecule has 4 aromatic rings. The Balaban J connectivity index is 1.71. The van der Waals surface area contributed by atoms with E-state index in [9.17, 15) is 9.59 Å². The van der Waals surface area contributed by atoms with E-state index < -0.39 is 0 Å². The van der Waals surface area contributed by atoms with E-state index in [2.05, 4.69) is 15.9 Å². The molecule has 0 spiro atoms. The second-order valence-electron chi connectivity index (χ2n) is 8.37. The number of carbonyl (C=O) groups excluding carboxylic acids is 2. The Kier molecular flexibility index (Phi) is 5.56. The maximum atomic E-state index is 13.6. The molecule has 4 aromatic carbocycles. The number of halogens is 1. The van der Waals surface area contributed by atoms with Crippen molar-refractivity contribution in [3.8, 4) is 0 Å². The lowest BCUT2D eigenvalue weighted by Crippen LogP contribution is -2.43. The van der Waals surface area contributed by atoms with E-state index in [1.807, 2.05) is 91.9 Å². The van der Waals surface area contributed by atoms with Crippen LogP contribution in [-0.2, 0) is 0 Å². The number of amides is 2. The second kappa shape index (κ2) is 8.54. The molecule has 0 saturated heterocycles. The van der Waals surface area contributed by atoms with E-state index >= 15 is 0 Å². The summed E-state index contributed by atoms with van der Waals surface area (Å²) in [6.07, 6.45) is 1.82. The number of rotatable bonds is 5. The number of benzene rings is 4. The van der Waals surface area contributed by atoms with Gasteiger partial charge in [0.05, 0.1) is 11.3 Å². The molecule has 5 rings (SSSR count). The highest BCUT2D eigenvalue weighted by molar-refractivity contribution is 9.10. The molecule has 0 atom stereocenters. The molecule has 0 bridgehead atoms. The minimum atomic E-state index is -0.247. The summed E-state index contributed by atoms with van der Waals surface area (Å²) in [4.78, 5) is 34.9. The number of hydrogen-bond acceptors (Lipinski definition) is 4. The molecule has 5 nitrogen and oxygen atoms in total. The Morgan fingerprint density at radius 3 is 2.52 bits per heavy atom. The molecule has 0 N–H and O–H groups in total. The van der Waals surface area contributed by atoms with Gasteiger partial charge in [-0.25, -0.2) is 0 Å². The first-order valence-electron chi connectivity index (χ1n) is 10.7. The normalized spacial score (nSPS) is 13.8. The fourth-order valence-corrected chi connectivity index (χ4v) is 4.68. The molecule has 6 heteroatoms. The second-order valence-corrected chi connectivity index (χ2v) is 9.23. The van der Waals surface area contributed by atoms with Crippen LogP contribution in [0.3, 0.4) is 0 Å². The van der Waals surface area contributed by atoms with Crippen LogP contribution in [-0.4, -0.2) is 55.0 Å². The van der Waals surface area contributed by atoms with Crippen LogP contribution in [0.1, 0.15) is 26.3 Å². The summed E-state index contributed by atoms with van der Waals surface area (Å²) in [6, 6.07) is 21.3. The smallest absolute Gasteiger partial charge is 0.262 e. The van der Waals surface area contributed by atoms with Gasteiger partial charge in [-0.1, -0.05) is 58.4 Å². The summed E-state index contributed by atoms with van der Waals surface area (Å²) in [6.45, 7) is 0.950. The van der Waals surface area contributed by atoms with Crippen molar-refractivity contribution >= 4 is 61.2 Å². The average molecular weight is 500 g/mol. The van der Waals surface area contributed by atoms with Crippen molar-refractivity contribution in [1.82, 2.24) is 9.80 Å². The molecule has 0 radical (unpaired) electrons. The molecule has 0 saturated carbocycles. The zero-order valence-electron chi connectivity index (χ0n) is 18.4. The highest BCUT2D eigenvalue weighted by Crippen LogP contribution is 2.38. The third kappa shape index (κ3) is 3.75. The monoisotopic (exact) mass is 499 g/mol. The van der Waals surface area contributed by atoms with Crippen molar-refractivity contribution < 1.29 is 9.59 Å². The van der Waals surface area contributed by atoms with Gasteiger partial charge in [-0.2, -0.15) is 0 Å². The van der Waals surface area contributed by atoms with E-state index in [0.717, 1.165) is 37.3 Å². The SMILES string of the molecule is CN(C)CCN1C(=O)c2cccc3cc4c(N=Cc5ccccc5Br)cccc4c(c23)C1=O. The van der Waals surface area contributed by atoms with Crippen molar-refractivity contribution in [2.24, 2.45) is 4.99 Å². The van der Waals surface area contributed by atoms with Crippen LogP contribution in [0.5, 0.6) is 0 Å². The minimum Gasteiger partial charge on any atom is -0.308 e. The van der Waals surface area contributed by atoms with Gasteiger partial charge in [-0.05, 0) is 49.1 Å². The Morgan fingerprint density at radius 1 is 0.939 bits per heavy atom. The number of nitrogens with zero attached hydrogens (tertiary/aromatic N) is 3. The molecular formula is C27H22BrN3O2. The van der Waals surface area contributed by atoms with Gasteiger partial charge >= 0.3 is 0 Å². The summed E-state index contributed by atoms with van der Waals surface area (Å²) < 4.78 is 0.962. The summed E-state index contributed by atoms with van der Waals surface area (Å²) in [5.74, 6) is -0.481. The third-order valence-electron chi connectivity index (χ3n) is 5.95.